The molecule has 104 valence electrons. The van der Waals surface area contributed by atoms with E-state index in [0.717, 1.165) is 5.56 Å². The molecular weight excluding hydrogens is 268 g/mol. The minimum atomic E-state index is -0.156. The number of aryl methyl sites for hydroxylation is 1. The SMILES string of the molecule is Cc1ccccc1[C@H](C#N)[NH2+][C@H](C)c1ccccc1.[Cl-]. The average Bonchev–Trinajstić information content (AvgIpc) is 2.46. The van der Waals surface area contributed by atoms with Crippen molar-refractivity contribution in [3.05, 3.63) is 71.3 Å². The second-order valence-corrected chi connectivity index (χ2v) is 4.86. The first-order valence-electron chi connectivity index (χ1n) is 6.57. The Kier molecular flexibility index (Phi) is 6.24. The normalized spacial score (nSPS) is 12.8. The Morgan fingerprint density at radius 2 is 1.60 bits per heavy atom. The lowest BCUT2D eigenvalue weighted by Crippen LogP contribution is -3.00. The molecule has 2 atom stereocenters. The number of benzene rings is 2. The summed E-state index contributed by atoms with van der Waals surface area (Å²) in [6.07, 6.45) is 0. The van der Waals surface area contributed by atoms with Gasteiger partial charge in [-0.05, 0) is 19.4 Å². The fourth-order valence-electron chi connectivity index (χ4n) is 2.31. The van der Waals surface area contributed by atoms with Crippen LogP contribution in [-0.4, -0.2) is 0 Å². The molecule has 0 aliphatic carbocycles. The first-order valence-corrected chi connectivity index (χ1v) is 6.57. The smallest absolute Gasteiger partial charge is 0.199 e. The minimum absolute atomic E-state index is 0. The lowest BCUT2D eigenvalue weighted by Gasteiger charge is -2.16. The summed E-state index contributed by atoms with van der Waals surface area (Å²) in [5.74, 6) is 0. The predicted octanol–water partition coefficient (Wildman–Crippen LogP) is -0.112. The number of nitrogens with zero attached hydrogens (tertiary/aromatic N) is 1. The molecule has 0 bridgehead atoms. The Hall–Kier alpha value is -1.82. The first kappa shape index (κ1) is 16.2. The molecule has 2 aromatic rings. The number of rotatable bonds is 4. The van der Waals surface area contributed by atoms with Crippen molar-refractivity contribution in [2.45, 2.75) is 25.9 Å². The van der Waals surface area contributed by atoms with Crippen molar-refractivity contribution in [3.8, 4) is 6.07 Å². The van der Waals surface area contributed by atoms with Gasteiger partial charge in [-0.3, -0.25) is 0 Å². The van der Waals surface area contributed by atoms with Crippen LogP contribution in [0, 0.1) is 18.3 Å². The van der Waals surface area contributed by atoms with Crippen LogP contribution in [0.1, 0.15) is 35.7 Å². The molecule has 2 N–H and O–H groups in total. The van der Waals surface area contributed by atoms with Gasteiger partial charge in [0.15, 0.2) is 6.04 Å². The molecule has 0 aromatic heterocycles. The van der Waals surface area contributed by atoms with Crippen molar-refractivity contribution in [1.29, 1.82) is 5.26 Å². The number of nitriles is 1. The van der Waals surface area contributed by atoms with Crippen molar-refractivity contribution in [1.82, 2.24) is 0 Å². The largest absolute Gasteiger partial charge is 1.00 e. The van der Waals surface area contributed by atoms with E-state index in [-0.39, 0.29) is 24.5 Å². The summed E-state index contributed by atoms with van der Waals surface area (Å²) >= 11 is 0. The molecule has 0 unspecified atom stereocenters. The van der Waals surface area contributed by atoms with Crippen LogP contribution in [0.4, 0.5) is 0 Å². The third-order valence-electron chi connectivity index (χ3n) is 3.47. The lowest BCUT2D eigenvalue weighted by molar-refractivity contribution is -0.720. The molecule has 0 saturated carbocycles. The highest BCUT2D eigenvalue weighted by molar-refractivity contribution is 5.30. The Bertz CT molecular complexity index is 575. The van der Waals surface area contributed by atoms with Crippen molar-refractivity contribution in [2.75, 3.05) is 0 Å². The molecule has 0 aliphatic rings. The van der Waals surface area contributed by atoms with E-state index in [1.165, 1.54) is 11.1 Å². The molecule has 0 heterocycles. The Morgan fingerprint density at radius 3 is 2.20 bits per heavy atom. The molecule has 20 heavy (non-hydrogen) atoms. The van der Waals surface area contributed by atoms with Gasteiger partial charge in [0.05, 0.1) is 0 Å². The van der Waals surface area contributed by atoms with E-state index in [2.05, 4.69) is 43.4 Å². The highest BCUT2D eigenvalue weighted by Gasteiger charge is 2.19. The maximum atomic E-state index is 9.42. The summed E-state index contributed by atoms with van der Waals surface area (Å²) in [6, 6.07) is 20.9. The van der Waals surface area contributed by atoms with E-state index in [0.29, 0.717) is 0 Å². The van der Waals surface area contributed by atoms with Gasteiger partial charge in [-0.15, -0.1) is 0 Å². The molecule has 0 saturated heterocycles. The van der Waals surface area contributed by atoms with Gasteiger partial charge >= 0.3 is 0 Å². The van der Waals surface area contributed by atoms with Crippen LogP contribution in [0.25, 0.3) is 0 Å². The van der Waals surface area contributed by atoms with Crippen molar-refractivity contribution in [2.24, 2.45) is 0 Å². The molecular formula is C17H19ClN2. The highest BCUT2D eigenvalue weighted by Crippen LogP contribution is 2.15. The molecule has 0 spiro atoms. The van der Waals surface area contributed by atoms with Gasteiger partial charge in [-0.2, -0.15) is 5.26 Å². The molecule has 2 aromatic carbocycles. The summed E-state index contributed by atoms with van der Waals surface area (Å²) in [7, 11) is 0. The Morgan fingerprint density at radius 1 is 1.00 bits per heavy atom. The summed E-state index contributed by atoms with van der Waals surface area (Å²) in [5, 5.41) is 11.5. The Balaban J connectivity index is 0.00000200. The lowest BCUT2D eigenvalue weighted by atomic mass is 10.0. The fraction of sp³-hybridized carbons (Fsp3) is 0.235. The van der Waals surface area contributed by atoms with E-state index in [1.807, 2.05) is 36.4 Å². The van der Waals surface area contributed by atoms with E-state index >= 15 is 0 Å². The number of quaternary nitrogens is 1. The third kappa shape index (κ3) is 3.84. The van der Waals surface area contributed by atoms with E-state index < -0.39 is 0 Å². The average molecular weight is 287 g/mol. The van der Waals surface area contributed by atoms with Crippen LogP contribution in [0.2, 0.25) is 0 Å². The number of nitrogens with two attached hydrogens (primary N) is 1. The summed E-state index contributed by atoms with van der Waals surface area (Å²) in [6.45, 7) is 4.19. The predicted molar refractivity (Wildman–Crippen MR) is 76.3 cm³/mol. The number of hydrogen-bond donors (Lipinski definition) is 1. The quantitative estimate of drug-likeness (QED) is 0.837. The van der Waals surface area contributed by atoms with Gasteiger partial charge in [0.1, 0.15) is 12.1 Å². The van der Waals surface area contributed by atoms with Gasteiger partial charge < -0.3 is 17.7 Å². The van der Waals surface area contributed by atoms with E-state index in [1.54, 1.807) is 0 Å². The van der Waals surface area contributed by atoms with Crippen molar-refractivity contribution < 1.29 is 17.7 Å². The van der Waals surface area contributed by atoms with Crippen LogP contribution in [-0.2, 0) is 0 Å². The Labute approximate surface area is 126 Å². The standard InChI is InChI=1S/C17H18N2.ClH/c1-13-8-6-7-11-16(13)17(12-18)19-14(2)15-9-4-3-5-10-15;/h3-11,14,17,19H,1-2H3;1H/t14-,17+;/m1./s1. The third-order valence-corrected chi connectivity index (χ3v) is 3.47. The summed E-state index contributed by atoms with van der Waals surface area (Å²) < 4.78 is 0. The zero-order valence-corrected chi connectivity index (χ0v) is 12.5. The van der Waals surface area contributed by atoms with Crippen LogP contribution in [0.15, 0.2) is 54.6 Å². The van der Waals surface area contributed by atoms with Crippen LogP contribution in [0.5, 0.6) is 0 Å². The molecule has 2 nitrogen and oxygen atoms in total. The number of hydrogen-bond acceptors (Lipinski definition) is 1. The topological polar surface area (TPSA) is 40.4 Å². The first-order chi connectivity index (χ1) is 9.22. The van der Waals surface area contributed by atoms with E-state index in [4.69, 9.17) is 0 Å². The van der Waals surface area contributed by atoms with Gasteiger partial charge in [-0.25, -0.2) is 0 Å². The van der Waals surface area contributed by atoms with Crippen LogP contribution in [0.3, 0.4) is 0 Å². The second kappa shape index (κ2) is 7.69. The van der Waals surface area contributed by atoms with Gasteiger partial charge in [0.2, 0.25) is 0 Å². The molecule has 2 rings (SSSR count). The maximum absolute atomic E-state index is 9.42. The van der Waals surface area contributed by atoms with Crippen LogP contribution >= 0.6 is 0 Å². The molecule has 0 amide bonds. The van der Waals surface area contributed by atoms with Crippen molar-refractivity contribution >= 4 is 0 Å². The van der Waals surface area contributed by atoms with Gasteiger partial charge in [0.25, 0.3) is 0 Å². The maximum Gasteiger partial charge on any atom is 0.199 e. The highest BCUT2D eigenvalue weighted by atomic mass is 35.5. The summed E-state index contributed by atoms with van der Waals surface area (Å²) in [5.41, 5.74) is 3.52. The molecule has 0 fully saturated rings. The molecule has 3 heteroatoms. The van der Waals surface area contributed by atoms with Crippen LogP contribution < -0.4 is 17.7 Å². The fourth-order valence-corrected chi connectivity index (χ4v) is 2.31. The second-order valence-electron chi connectivity index (χ2n) is 4.86. The summed E-state index contributed by atoms with van der Waals surface area (Å²) in [4.78, 5) is 0. The minimum Gasteiger partial charge on any atom is -1.00 e. The monoisotopic (exact) mass is 286 g/mol. The van der Waals surface area contributed by atoms with Gasteiger partial charge in [0, 0.05) is 11.1 Å². The molecule has 0 aliphatic heterocycles. The van der Waals surface area contributed by atoms with Gasteiger partial charge in [-0.1, -0.05) is 54.6 Å². The van der Waals surface area contributed by atoms with Crippen molar-refractivity contribution in [3.63, 3.8) is 0 Å². The zero-order chi connectivity index (χ0) is 13.7. The molecule has 0 radical (unpaired) electrons. The zero-order valence-electron chi connectivity index (χ0n) is 11.8. The van der Waals surface area contributed by atoms with E-state index in [9.17, 15) is 5.26 Å². The number of halogens is 1.